The predicted octanol–water partition coefficient (Wildman–Crippen LogP) is 4.08. The zero-order valence-electron chi connectivity index (χ0n) is 15.6. The Kier molecular flexibility index (Phi) is 3.63. The highest BCUT2D eigenvalue weighted by Crippen LogP contribution is 2.27. The molecule has 0 aliphatic rings. The minimum atomic E-state index is -0.356. The van der Waals surface area contributed by atoms with Gasteiger partial charge in [0.15, 0.2) is 5.65 Å². The lowest BCUT2D eigenvalue weighted by atomic mass is 10.2. The molecule has 0 saturated heterocycles. The fourth-order valence-electron chi connectivity index (χ4n) is 3.47. The minimum absolute atomic E-state index is 0.356. The van der Waals surface area contributed by atoms with Gasteiger partial charge in [-0.3, -0.25) is 9.67 Å². The first-order valence-electron chi connectivity index (χ1n) is 9.32. The number of furan rings is 2. The highest BCUT2D eigenvalue weighted by atomic mass is 16.3. The van der Waals surface area contributed by atoms with E-state index in [0.29, 0.717) is 28.6 Å². The number of anilines is 1. The Bertz CT molecular complexity index is 1400. The molecule has 5 heterocycles. The van der Waals surface area contributed by atoms with E-state index in [1.807, 2.05) is 47.0 Å². The summed E-state index contributed by atoms with van der Waals surface area (Å²) in [5.41, 5.74) is 3.24. The summed E-state index contributed by atoms with van der Waals surface area (Å²) in [6, 6.07) is 13.1. The summed E-state index contributed by atoms with van der Waals surface area (Å²) >= 11 is 0. The molecule has 0 atom stereocenters. The van der Waals surface area contributed by atoms with E-state index >= 15 is 0 Å². The van der Waals surface area contributed by atoms with Crippen molar-refractivity contribution in [2.45, 2.75) is 6.04 Å². The topological polar surface area (TPSA) is 111 Å². The minimum Gasteiger partial charge on any atom is -0.467 e. The van der Waals surface area contributed by atoms with Crippen molar-refractivity contribution in [3.8, 4) is 5.69 Å². The van der Waals surface area contributed by atoms with E-state index in [4.69, 9.17) is 13.8 Å². The van der Waals surface area contributed by atoms with Crippen LogP contribution in [0.3, 0.4) is 0 Å². The first-order valence-corrected chi connectivity index (χ1v) is 9.32. The second-order valence-electron chi connectivity index (χ2n) is 6.77. The van der Waals surface area contributed by atoms with E-state index in [1.165, 1.54) is 0 Å². The van der Waals surface area contributed by atoms with Crippen molar-refractivity contribution in [3.05, 3.63) is 85.2 Å². The number of hydrogen-bond acceptors (Lipinski definition) is 7. The summed E-state index contributed by atoms with van der Waals surface area (Å²) in [5.74, 6) is 1.84. The quantitative estimate of drug-likeness (QED) is 0.451. The molecule has 30 heavy (non-hydrogen) atoms. The number of benzene rings is 1. The molecule has 2 N–H and O–H groups in total. The second-order valence-corrected chi connectivity index (χ2v) is 6.77. The normalized spacial score (nSPS) is 11.6. The largest absolute Gasteiger partial charge is 0.467 e. The van der Waals surface area contributed by atoms with Crippen LogP contribution in [-0.4, -0.2) is 29.7 Å². The van der Waals surface area contributed by atoms with E-state index in [0.717, 1.165) is 16.6 Å². The maximum atomic E-state index is 5.59. The molecular weight excluding hydrogens is 382 g/mol. The van der Waals surface area contributed by atoms with Gasteiger partial charge in [0, 0.05) is 5.39 Å². The third kappa shape index (κ3) is 2.72. The van der Waals surface area contributed by atoms with Crippen LogP contribution in [0.15, 0.2) is 82.5 Å². The Morgan fingerprint density at radius 3 is 2.57 bits per heavy atom. The van der Waals surface area contributed by atoms with Crippen molar-refractivity contribution in [1.82, 2.24) is 29.7 Å². The first kappa shape index (κ1) is 16.5. The van der Waals surface area contributed by atoms with Gasteiger partial charge in [0.05, 0.1) is 36.1 Å². The number of nitrogens with one attached hydrogen (secondary N) is 2. The van der Waals surface area contributed by atoms with Gasteiger partial charge in [0.2, 0.25) is 5.95 Å². The van der Waals surface area contributed by atoms with Crippen LogP contribution < -0.4 is 5.32 Å². The summed E-state index contributed by atoms with van der Waals surface area (Å²) in [5, 5.41) is 11.4. The average molecular weight is 397 g/mol. The van der Waals surface area contributed by atoms with Gasteiger partial charge in [-0.25, -0.2) is 9.97 Å². The lowest BCUT2D eigenvalue weighted by molar-refractivity contribution is 0.442. The number of imidazole rings is 1. The lowest BCUT2D eigenvalue weighted by Crippen LogP contribution is -2.13. The molecule has 6 aromatic rings. The van der Waals surface area contributed by atoms with Crippen LogP contribution in [0.25, 0.3) is 27.8 Å². The number of aromatic amines is 1. The molecular formula is C21H15N7O2. The number of hydrogen-bond donors (Lipinski definition) is 2. The molecule has 0 bridgehead atoms. The molecule has 0 fully saturated rings. The predicted molar refractivity (Wildman–Crippen MR) is 109 cm³/mol. The maximum Gasteiger partial charge on any atom is 0.225 e. The van der Waals surface area contributed by atoms with Crippen LogP contribution >= 0.6 is 0 Å². The van der Waals surface area contributed by atoms with Crippen LogP contribution in [0.2, 0.25) is 0 Å². The number of aromatic nitrogens is 6. The average Bonchev–Trinajstić information content (AvgIpc) is 3.58. The fraction of sp³-hybridized carbons (Fsp3) is 0.0476. The Morgan fingerprint density at radius 2 is 1.80 bits per heavy atom. The van der Waals surface area contributed by atoms with E-state index < -0.39 is 0 Å². The second kappa shape index (κ2) is 6.59. The molecule has 9 heteroatoms. The van der Waals surface area contributed by atoms with Crippen molar-refractivity contribution in [2.24, 2.45) is 0 Å². The van der Waals surface area contributed by atoms with Gasteiger partial charge >= 0.3 is 0 Å². The van der Waals surface area contributed by atoms with E-state index in [1.54, 1.807) is 31.2 Å². The van der Waals surface area contributed by atoms with Gasteiger partial charge in [0.25, 0.3) is 0 Å². The third-order valence-corrected chi connectivity index (χ3v) is 4.92. The molecule has 6 rings (SSSR count). The molecule has 5 aromatic heterocycles. The zero-order chi connectivity index (χ0) is 19.9. The number of H-pyrrole nitrogens is 1. The number of fused-ring (bicyclic) bond motifs is 2. The number of rotatable bonds is 5. The number of nitrogens with zero attached hydrogens (tertiary/aromatic N) is 5. The van der Waals surface area contributed by atoms with Crippen LogP contribution in [-0.2, 0) is 0 Å². The Hall–Kier alpha value is -4.40. The van der Waals surface area contributed by atoms with Crippen LogP contribution in [0.1, 0.15) is 17.6 Å². The van der Waals surface area contributed by atoms with Crippen molar-refractivity contribution in [3.63, 3.8) is 0 Å². The van der Waals surface area contributed by atoms with Gasteiger partial charge in [-0.2, -0.15) is 10.1 Å². The molecule has 1 aromatic carbocycles. The van der Waals surface area contributed by atoms with Crippen molar-refractivity contribution < 1.29 is 8.83 Å². The molecule has 0 spiro atoms. The Labute approximate surface area is 169 Å². The Balaban J connectivity index is 1.41. The zero-order valence-corrected chi connectivity index (χ0v) is 15.6. The van der Waals surface area contributed by atoms with Crippen molar-refractivity contribution in [1.29, 1.82) is 0 Å². The molecule has 0 aliphatic carbocycles. The summed E-state index contributed by atoms with van der Waals surface area (Å²) in [6.45, 7) is 0. The SMILES string of the molecule is c1coc(C(Nc2ncc3ncn(-c4ccc5cn[nH]c5c4)c3n2)c2ccco2)c1. The maximum absolute atomic E-state index is 5.59. The van der Waals surface area contributed by atoms with Gasteiger partial charge in [-0.05, 0) is 42.5 Å². The summed E-state index contributed by atoms with van der Waals surface area (Å²) in [4.78, 5) is 13.6. The molecule has 146 valence electrons. The monoisotopic (exact) mass is 397 g/mol. The van der Waals surface area contributed by atoms with Crippen LogP contribution in [0.5, 0.6) is 0 Å². The third-order valence-electron chi connectivity index (χ3n) is 4.92. The highest BCUT2D eigenvalue weighted by Gasteiger charge is 2.21. The van der Waals surface area contributed by atoms with Gasteiger partial charge in [-0.1, -0.05) is 0 Å². The van der Waals surface area contributed by atoms with Gasteiger partial charge in [0.1, 0.15) is 29.4 Å². The standard InChI is InChI=1S/C21H15N7O2/c1-3-17(29-7-1)19(18-4-2-8-30-18)25-21-22-11-16-20(26-21)28(12-23-16)14-6-5-13-10-24-27-15(13)9-14/h1-12,19H,(H,24,27)(H,22,25,26). The Morgan fingerprint density at radius 1 is 0.967 bits per heavy atom. The van der Waals surface area contributed by atoms with E-state index in [9.17, 15) is 0 Å². The molecule has 0 saturated carbocycles. The van der Waals surface area contributed by atoms with Crippen molar-refractivity contribution >= 4 is 28.0 Å². The van der Waals surface area contributed by atoms with E-state index in [-0.39, 0.29) is 6.04 Å². The van der Waals surface area contributed by atoms with Crippen molar-refractivity contribution in [2.75, 3.05) is 5.32 Å². The first-order chi connectivity index (χ1) is 14.8. The smallest absolute Gasteiger partial charge is 0.225 e. The molecule has 0 amide bonds. The molecule has 9 nitrogen and oxygen atoms in total. The van der Waals surface area contributed by atoms with Gasteiger partial charge in [-0.15, -0.1) is 0 Å². The summed E-state index contributed by atoms with van der Waals surface area (Å²) < 4.78 is 13.1. The lowest BCUT2D eigenvalue weighted by Gasteiger charge is -2.14. The molecule has 0 unspecified atom stereocenters. The molecule has 0 radical (unpaired) electrons. The highest BCUT2D eigenvalue weighted by molar-refractivity contribution is 5.81. The van der Waals surface area contributed by atoms with Gasteiger partial charge < -0.3 is 14.2 Å². The fourth-order valence-corrected chi connectivity index (χ4v) is 3.47. The van der Waals surface area contributed by atoms with Crippen LogP contribution in [0, 0.1) is 0 Å². The van der Waals surface area contributed by atoms with Crippen LogP contribution in [0.4, 0.5) is 5.95 Å². The summed E-state index contributed by atoms with van der Waals surface area (Å²) in [7, 11) is 0. The van der Waals surface area contributed by atoms with E-state index in [2.05, 4.69) is 25.5 Å². The summed E-state index contributed by atoms with van der Waals surface area (Å²) in [6.07, 6.45) is 8.46. The molecule has 0 aliphatic heterocycles.